The highest BCUT2D eigenvalue weighted by atomic mass is 35.5. The van der Waals surface area contributed by atoms with Gasteiger partial charge in [-0.2, -0.15) is 0 Å². The Hall–Kier alpha value is -3.78. The molecule has 8 nitrogen and oxygen atoms in total. The van der Waals surface area contributed by atoms with E-state index >= 15 is 0 Å². The summed E-state index contributed by atoms with van der Waals surface area (Å²) in [4.78, 5) is 63.0. The molecule has 0 radical (unpaired) electrons. The summed E-state index contributed by atoms with van der Waals surface area (Å²) in [6.07, 6.45) is 2.78. The fourth-order valence-electron chi connectivity index (χ4n) is 4.18. The minimum absolute atomic E-state index is 0.141. The Labute approximate surface area is 220 Å². The zero-order chi connectivity index (χ0) is 27.1. The molecule has 9 heteroatoms. The van der Waals surface area contributed by atoms with E-state index in [0.29, 0.717) is 16.1 Å². The predicted molar refractivity (Wildman–Crippen MR) is 140 cm³/mol. The number of hydrogen-bond acceptors (Lipinski definition) is 5. The third kappa shape index (κ3) is 7.13. The van der Waals surface area contributed by atoms with E-state index in [1.165, 1.54) is 13.0 Å². The number of carbonyl (C=O) groups is 5. The highest BCUT2D eigenvalue weighted by Crippen LogP contribution is 2.24. The van der Waals surface area contributed by atoms with Crippen LogP contribution in [0, 0.1) is 17.8 Å². The lowest BCUT2D eigenvalue weighted by atomic mass is 9.85. The van der Waals surface area contributed by atoms with Crippen LogP contribution in [0.5, 0.6) is 0 Å². The topological polar surface area (TPSA) is 121 Å². The Kier molecular flexibility index (Phi) is 9.36. The van der Waals surface area contributed by atoms with Crippen molar-refractivity contribution < 1.29 is 24.0 Å². The summed E-state index contributed by atoms with van der Waals surface area (Å²) in [5.41, 5.74) is 1.38. The molecule has 1 saturated heterocycles. The number of benzene rings is 2. The average molecular weight is 524 g/mol. The highest BCUT2D eigenvalue weighted by Gasteiger charge is 2.46. The summed E-state index contributed by atoms with van der Waals surface area (Å²) in [6.45, 7) is 5.01. The van der Waals surface area contributed by atoms with Crippen molar-refractivity contribution in [3.8, 4) is 0 Å². The van der Waals surface area contributed by atoms with E-state index in [-0.39, 0.29) is 12.3 Å². The number of hydrogen-bond donors (Lipinski definition) is 3. The van der Waals surface area contributed by atoms with Gasteiger partial charge in [-0.3, -0.25) is 29.3 Å². The lowest BCUT2D eigenvalue weighted by molar-refractivity contribution is -0.137. The number of imide groups is 1. The van der Waals surface area contributed by atoms with Gasteiger partial charge in [-0.1, -0.05) is 80.9 Å². The van der Waals surface area contributed by atoms with Crippen molar-refractivity contribution in [1.82, 2.24) is 16.0 Å². The Bertz CT molecular complexity index is 1210. The third-order valence-corrected chi connectivity index (χ3v) is 6.61. The van der Waals surface area contributed by atoms with Crippen LogP contribution in [-0.4, -0.2) is 35.5 Å². The van der Waals surface area contributed by atoms with E-state index in [1.54, 1.807) is 68.5 Å². The van der Waals surface area contributed by atoms with Gasteiger partial charge in [0.15, 0.2) is 5.78 Å². The second-order valence-electron chi connectivity index (χ2n) is 9.34. The summed E-state index contributed by atoms with van der Waals surface area (Å²) in [5.74, 6) is -4.85. The predicted octanol–water partition coefficient (Wildman–Crippen LogP) is 3.22. The molecule has 0 unspecified atom stereocenters. The molecule has 0 spiro atoms. The van der Waals surface area contributed by atoms with Crippen molar-refractivity contribution >= 4 is 47.1 Å². The fourth-order valence-corrected chi connectivity index (χ4v) is 4.38. The molecular weight excluding hydrogens is 494 g/mol. The first kappa shape index (κ1) is 27.8. The van der Waals surface area contributed by atoms with Gasteiger partial charge in [0.25, 0.3) is 0 Å². The van der Waals surface area contributed by atoms with Crippen LogP contribution >= 0.6 is 11.6 Å². The lowest BCUT2D eigenvalue weighted by Crippen LogP contribution is -2.49. The summed E-state index contributed by atoms with van der Waals surface area (Å²) in [5, 5.41) is 8.23. The molecule has 1 aliphatic rings. The zero-order valence-corrected chi connectivity index (χ0v) is 21.6. The van der Waals surface area contributed by atoms with Gasteiger partial charge in [0.2, 0.25) is 23.6 Å². The maximum Gasteiger partial charge on any atom is 0.244 e. The van der Waals surface area contributed by atoms with Gasteiger partial charge in [-0.05, 0) is 29.2 Å². The van der Waals surface area contributed by atoms with Crippen molar-refractivity contribution in [2.75, 3.05) is 0 Å². The Morgan fingerprint density at radius 3 is 2.22 bits per heavy atom. The van der Waals surface area contributed by atoms with Gasteiger partial charge in [0.1, 0.15) is 5.92 Å². The van der Waals surface area contributed by atoms with Gasteiger partial charge < -0.3 is 10.6 Å². The fraction of sp³-hybridized carbons (Fsp3) is 0.321. The molecule has 0 saturated carbocycles. The molecule has 194 valence electrons. The van der Waals surface area contributed by atoms with Crippen LogP contribution in [0.15, 0.2) is 60.7 Å². The number of carbonyl (C=O) groups excluding carboxylic acids is 5. The quantitative estimate of drug-likeness (QED) is 0.251. The van der Waals surface area contributed by atoms with Crippen LogP contribution < -0.4 is 16.0 Å². The molecule has 0 aliphatic carbocycles. The standard InChI is InChI=1S/C28H30ClN3O5/c1-16(2)25(26(35)24-17(3)27(36)32-28(24)37)31-23(34)15-21(19-10-5-4-6-11-19)30-22(33)14-13-18-9-7-8-12-20(18)29/h4-14,16-17,21,24-25H,15H2,1-3H3,(H,30,33)(H,31,34)(H,32,36,37)/b14-13+/t17-,21+,24+,25+/m0/s1. The lowest BCUT2D eigenvalue weighted by Gasteiger charge is -2.25. The first-order valence-corrected chi connectivity index (χ1v) is 12.4. The molecule has 0 bridgehead atoms. The van der Waals surface area contributed by atoms with Gasteiger partial charge in [-0.15, -0.1) is 0 Å². The van der Waals surface area contributed by atoms with E-state index in [2.05, 4.69) is 16.0 Å². The molecule has 1 aliphatic heterocycles. The van der Waals surface area contributed by atoms with Crippen LogP contribution in [-0.2, 0) is 24.0 Å². The van der Waals surface area contributed by atoms with Crippen LogP contribution in [0.25, 0.3) is 6.08 Å². The van der Waals surface area contributed by atoms with Crippen molar-refractivity contribution in [2.45, 2.75) is 39.3 Å². The first-order valence-electron chi connectivity index (χ1n) is 12.0. The second-order valence-corrected chi connectivity index (χ2v) is 9.75. The SMILES string of the molecule is CC(C)[C@@H](NC(=O)C[C@@H](NC(=O)/C=C/c1ccccc1Cl)c1ccccc1)C(=O)[C@@H]1C(=O)NC(=O)[C@H]1C. The third-order valence-electron chi connectivity index (χ3n) is 6.27. The summed E-state index contributed by atoms with van der Waals surface area (Å²) in [6, 6.07) is 14.4. The highest BCUT2D eigenvalue weighted by molar-refractivity contribution is 6.32. The maximum absolute atomic E-state index is 13.2. The molecule has 37 heavy (non-hydrogen) atoms. The number of rotatable bonds is 10. The zero-order valence-electron chi connectivity index (χ0n) is 20.9. The molecule has 2 aromatic carbocycles. The number of halogens is 1. The molecule has 2 aromatic rings. The van der Waals surface area contributed by atoms with Crippen LogP contribution in [0.4, 0.5) is 0 Å². The van der Waals surface area contributed by atoms with E-state index in [9.17, 15) is 24.0 Å². The largest absolute Gasteiger partial charge is 0.346 e. The van der Waals surface area contributed by atoms with Crippen molar-refractivity contribution in [3.63, 3.8) is 0 Å². The summed E-state index contributed by atoms with van der Waals surface area (Å²) in [7, 11) is 0. The second kappa shape index (κ2) is 12.5. The molecule has 1 heterocycles. The minimum Gasteiger partial charge on any atom is -0.346 e. The Balaban J connectivity index is 1.73. The molecule has 1 fully saturated rings. The Morgan fingerprint density at radius 1 is 0.973 bits per heavy atom. The molecule has 4 amide bonds. The van der Waals surface area contributed by atoms with Crippen molar-refractivity contribution in [2.24, 2.45) is 17.8 Å². The smallest absolute Gasteiger partial charge is 0.244 e. The van der Waals surface area contributed by atoms with Gasteiger partial charge in [0.05, 0.1) is 24.4 Å². The molecule has 3 N–H and O–H groups in total. The maximum atomic E-state index is 13.2. The van der Waals surface area contributed by atoms with E-state index in [0.717, 1.165) is 0 Å². The average Bonchev–Trinajstić information content (AvgIpc) is 3.12. The van der Waals surface area contributed by atoms with Crippen LogP contribution in [0.3, 0.4) is 0 Å². The molecule has 4 atom stereocenters. The van der Waals surface area contributed by atoms with Crippen LogP contribution in [0.1, 0.15) is 44.4 Å². The van der Waals surface area contributed by atoms with E-state index < -0.39 is 53.3 Å². The summed E-state index contributed by atoms with van der Waals surface area (Å²) >= 11 is 6.14. The number of nitrogens with one attached hydrogen (secondary N) is 3. The van der Waals surface area contributed by atoms with Crippen molar-refractivity contribution in [1.29, 1.82) is 0 Å². The molecular formula is C28H30ClN3O5. The minimum atomic E-state index is -1.15. The summed E-state index contributed by atoms with van der Waals surface area (Å²) < 4.78 is 0. The number of amides is 4. The van der Waals surface area contributed by atoms with Gasteiger partial charge in [-0.25, -0.2) is 0 Å². The Morgan fingerprint density at radius 2 is 1.62 bits per heavy atom. The monoisotopic (exact) mass is 523 g/mol. The first-order chi connectivity index (χ1) is 17.6. The van der Waals surface area contributed by atoms with Gasteiger partial charge >= 0.3 is 0 Å². The number of ketones is 1. The van der Waals surface area contributed by atoms with E-state index in [4.69, 9.17) is 11.6 Å². The normalized spacial score (nSPS) is 18.9. The molecule has 3 rings (SSSR count). The van der Waals surface area contributed by atoms with Crippen LogP contribution in [0.2, 0.25) is 5.02 Å². The molecule has 0 aromatic heterocycles. The van der Waals surface area contributed by atoms with E-state index in [1.807, 2.05) is 6.07 Å². The van der Waals surface area contributed by atoms with Crippen molar-refractivity contribution in [3.05, 3.63) is 76.8 Å². The van der Waals surface area contributed by atoms with Gasteiger partial charge in [0, 0.05) is 11.1 Å². The number of Topliss-reactive ketones (excluding diaryl/α,β-unsaturated/α-hetero) is 1.